The number of nitrogens with zero attached hydrogens (tertiary/aromatic N) is 1. The predicted molar refractivity (Wildman–Crippen MR) is 56.9 cm³/mol. The summed E-state index contributed by atoms with van der Waals surface area (Å²) in [7, 11) is 0. The van der Waals surface area contributed by atoms with Crippen LogP contribution in [-0.2, 0) is 4.79 Å². The van der Waals surface area contributed by atoms with E-state index in [0.717, 1.165) is 0 Å². The maximum Gasteiger partial charge on any atom is 0.272 e. The molecule has 0 heterocycles. The molecule has 1 aromatic rings. The highest BCUT2D eigenvalue weighted by Crippen LogP contribution is 2.25. The highest BCUT2D eigenvalue weighted by molar-refractivity contribution is 5.89. The number of carbonyl (C=O) groups is 1. The van der Waals surface area contributed by atoms with E-state index in [1.165, 1.54) is 13.0 Å². The lowest BCUT2D eigenvalue weighted by Gasteiger charge is -2.07. The molecule has 0 fully saturated rings. The molecule has 0 bridgehead atoms. The first-order valence-corrected chi connectivity index (χ1v) is 4.45. The first kappa shape index (κ1) is 11.2. The summed E-state index contributed by atoms with van der Waals surface area (Å²) in [4.78, 5) is 21.0. The van der Waals surface area contributed by atoms with Gasteiger partial charge in [-0.2, -0.15) is 0 Å². The van der Waals surface area contributed by atoms with Crippen molar-refractivity contribution < 1.29 is 9.72 Å². The molecule has 1 rings (SSSR count). The van der Waals surface area contributed by atoms with Gasteiger partial charge in [0.15, 0.2) is 0 Å². The number of nitro groups is 1. The van der Waals surface area contributed by atoms with Gasteiger partial charge in [0.05, 0.1) is 4.92 Å². The molecule has 1 N–H and O–H groups in total. The van der Waals surface area contributed by atoms with E-state index in [1.807, 2.05) is 0 Å². The second-order valence-electron chi connectivity index (χ2n) is 3.39. The van der Waals surface area contributed by atoms with E-state index < -0.39 is 4.92 Å². The van der Waals surface area contributed by atoms with Gasteiger partial charge in [-0.3, -0.25) is 14.9 Å². The number of hydrogen-bond acceptors (Lipinski definition) is 3. The van der Waals surface area contributed by atoms with E-state index in [-0.39, 0.29) is 11.6 Å². The zero-order valence-corrected chi connectivity index (χ0v) is 8.83. The summed E-state index contributed by atoms with van der Waals surface area (Å²) in [6, 6.07) is 3.06. The molecule has 15 heavy (non-hydrogen) atoms. The molecule has 0 atom stereocenters. The van der Waals surface area contributed by atoms with Crippen LogP contribution in [0.15, 0.2) is 12.1 Å². The number of amides is 1. The van der Waals surface area contributed by atoms with Gasteiger partial charge in [-0.1, -0.05) is 0 Å². The molecule has 0 saturated carbocycles. The van der Waals surface area contributed by atoms with Crippen LogP contribution in [-0.4, -0.2) is 10.8 Å². The van der Waals surface area contributed by atoms with Gasteiger partial charge in [-0.15, -0.1) is 0 Å². The third-order valence-electron chi connectivity index (χ3n) is 2.05. The van der Waals surface area contributed by atoms with Crippen molar-refractivity contribution in [2.24, 2.45) is 0 Å². The molecule has 0 saturated heterocycles. The van der Waals surface area contributed by atoms with Gasteiger partial charge in [0.25, 0.3) is 5.69 Å². The van der Waals surface area contributed by atoms with Crippen LogP contribution in [0, 0.1) is 24.0 Å². The van der Waals surface area contributed by atoms with Gasteiger partial charge in [0.2, 0.25) is 5.91 Å². The summed E-state index contributed by atoms with van der Waals surface area (Å²) in [5, 5.41) is 13.2. The minimum absolute atomic E-state index is 0.0709. The zero-order chi connectivity index (χ0) is 11.6. The normalized spacial score (nSPS) is 9.80. The van der Waals surface area contributed by atoms with Crippen molar-refractivity contribution in [1.82, 2.24) is 0 Å². The maximum atomic E-state index is 10.9. The summed E-state index contributed by atoms with van der Waals surface area (Å²) in [5.41, 5.74) is 1.91. The number of aryl methyl sites for hydroxylation is 2. The molecule has 0 radical (unpaired) electrons. The van der Waals surface area contributed by atoms with E-state index in [2.05, 4.69) is 5.32 Å². The Morgan fingerprint density at radius 1 is 1.33 bits per heavy atom. The van der Waals surface area contributed by atoms with Crippen LogP contribution in [0.4, 0.5) is 11.4 Å². The first-order chi connectivity index (χ1) is 6.91. The minimum atomic E-state index is -0.431. The molecule has 0 aromatic heterocycles. The summed E-state index contributed by atoms with van der Waals surface area (Å²) in [5.74, 6) is -0.189. The minimum Gasteiger partial charge on any atom is -0.326 e. The lowest BCUT2D eigenvalue weighted by atomic mass is 10.1. The van der Waals surface area contributed by atoms with E-state index in [1.54, 1.807) is 19.9 Å². The number of anilines is 1. The van der Waals surface area contributed by atoms with Crippen LogP contribution in [0.1, 0.15) is 18.1 Å². The highest BCUT2D eigenvalue weighted by Gasteiger charge is 2.13. The van der Waals surface area contributed by atoms with Crippen LogP contribution in [0.5, 0.6) is 0 Å². The summed E-state index contributed by atoms with van der Waals surface area (Å²) in [6.45, 7) is 4.76. The average Bonchev–Trinajstić information content (AvgIpc) is 2.09. The quantitative estimate of drug-likeness (QED) is 0.598. The Labute approximate surface area is 87.3 Å². The lowest BCUT2D eigenvalue weighted by Crippen LogP contribution is -2.08. The fourth-order valence-electron chi connectivity index (χ4n) is 1.32. The van der Waals surface area contributed by atoms with Crippen molar-refractivity contribution in [2.75, 3.05) is 5.32 Å². The van der Waals surface area contributed by atoms with Gasteiger partial charge >= 0.3 is 0 Å². The Morgan fingerprint density at radius 2 is 1.93 bits per heavy atom. The van der Waals surface area contributed by atoms with Crippen molar-refractivity contribution in [3.05, 3.63) is 33.4 Å². The zero-order valence-electron chi connectivity index (χ0n) is 8.83. The Balaban J connectivity index is 3.19. The molecular formula is C10H12N2O3. The van der Waals surface area contributed by atoms with Crippen molar-refractivity contribution in [3.63, 3.8) is 0 Å². The fourth-order valence-corrected chi connectivity index (χ4v) is 1.32. The third kappa shape index (κ3) is 2.52. The Kier molecular flexibility index (Phi) is 3.04. The van der Waals surface area contributed by atoms with Crippen LogP contribution >= 0.6 is 0 Å². The molecular weight excluding hydrogens is 196 g/mol. The van der Waals surface area contributed by atoms with Gasteiger partial charge in [-0.25, -0.2) is 0 Å². The summed E-state index contributed by atoms with van der Waals surface area (Å²) < 4.78 is 0. The van der Waals surface area contributed by atoms with Crippen LogP contribution in [0.3, 0.4) is 0 Å². The van der Waals surface area contributed by atoms with Crippen molar-refractivity contribution in [2.45, 2.75) is 20.8 Å². The second kappa shape index (κ2) is 4.08. The Morgan fingerprint density at radius 3 is 2.40 bits per heavy atom. The van der Waals surface area contributed by atoms with E-state index in [4.69, 9.17) is 0 Å². The van der Waals surface area contributed by atoms with Crippen molar-refractivity contribution in [3.8, 4) is 0 Å². The summed E-state index contributed by atoms with van der Waals surface area (Å²) in [6.07, 6.45) is 0. The summed E-state index contributed by atoms with van der Waals surface area (Å²) >= 11 is 0. The molecule has 80 valence electrons. The third-order valence-corrected chi connectivity index (χ3v) is 2.05. The van der Waals surface area contributed by atoms with E-state index in [0.29, 0.717) is 16.8 Å². The topological polar surface area (TPSA) is 72.2 Å². The molecule has 0 aliphatic rings. The Hall–Kier alpha value is -1.91. The number of nitrogens with one attached hydrogen (secondary N) is 1. The molecule has 1 aromatic carbocycles. The largest absolute Gasteiger partial charge is 0.326 e. The molecule has 5 heteroatoms. The molecule has 0 spiro atoms. The molecule has 0 unspecified atom stereocenters. The molecule has 0 aliphatic heterocycles. The number of hydrogen-bond donors (Lipinski definition) is 1. The van der Waals surface area contributed by atoms with Gasteiger partial charge in [0, 0.05) is 24.2 Å². The van der Waals surface area contributed by atoms with Gasteiger partial charge in [0.1, 0.15) is 0 Å². The average molecular weight is 208 g/mol. The molecule has 5 nitrogen and oxygen atoms in total. The maximum absolute atomic E-state index is 10.9. The number of rotatable bonds is 2. The first-order valence-electron chi connectivity index (χ1n) is 4.45. The fraction of sp³-hybridized carbons (Fsp3) is 0.300. The second-order valence-corrected chi connectivity index (χ2v) is 3.39. The van der Waals surface area contributed by atoms with Gasteiger partial charge < -0.3 is 5.32 Å². The molecule has 0 aliphatic carbocycles. The Bertz CT molecular complexity index is 427. The number of carbonyl (C=O) groups excluding carboxylic acids is 1. The smallest absolute Gasteiger partial charge is 0.272 e. The lowest BCUT2D eigenvalue weighted by molar-refractivity contribution is -0.385. The van der Waals surface area contributed by atoms with Gasteiger partial charge in [-0.05, 0) is 25.5 Å². The number of benzene rings is 1. The predicted octanol–water partition coefficient (Wildman–Crippen LogP) is 2.17. The molecule has 1 amide bonds. The standard InChI is InChI=1S/C10H12N2O3/c1-6-5-10(12(14)15)7(2)4-9(6)11-8(3)13/h4-5H,1-3H3,(H,11,13). The van der Waals surface area contributed by atoms with E-state index >= 15 is 0 Å². The number of nitro benzene ring substituents is 1. The van der Waals surface area contributed by atoms with Crippen LogP contribution < -0.4 is 5.32 Å². The van der Waals surface area contributed by atoms with Crippen molar-refractivity contribution >= 4 is 17.3 Å². The van der Waals surface area contributed by atoms with E-state index in [9.17, 15) is 14.9 Å². The monoisotopic (exact) mass is 208 g/mol. The highest BCUT2D eigenvalue weighted by atomic mass is 16.6. The van der Waals surface area contributed by atoms with Crippen molar-refractivity contribution in [1.29, 1.82) is 0 Å². The SMILES string of the molecule is CC(=O)Nc1cc(C)c([N+](=O)[O-])cc1C. The van der Waals surface area contributed by atoms with Crippen LogP contribution in [0.2, 0.25) is 0 Å². The van der Waals surface area contributed by atoms with Crippen LogP contribution in [0.25, 0.3) is 0 Å².